The standard InChI is InChI=1S/C14H19BrFNO2/c1-18-12-9(15)7-10(16)11(13(12)19-2)14(8-17)5-3-4-6-14/h7H,3-6,8,17H2,1-2H3. The predicted molar refractivity (Wildman–Crippen MR) is 76.4 cm³/mol. The van der Waals surface area contributed by atoms with Gasteiger partial charge in [-0.1, -0.05) is 12.8 Å². The fourth-order valence-corrected chi connectivity index (χ4v) is 3.61. The summed E-state index contributed by atoms with van der Waals surface area (Å²) in [6.45, 7) is 0.422. The summed E-state index contributed by atoms with van der Waals surface area (Å²) in [6, 6.07) is 1.44. The molecule has 0 aliphatic heterocycles. The summed E-state index contributed by atoms with van der Waals surface area (Å²) in [4.78, 5) is 0. The third kappa shape index (κ3) is 2.34. The highest BCUT2D eigenvalue weighted by Gasteiger charge is 2.40. The highest BCUT2D eigenvalue weighted by Crippen LogP contribution is 2.50. The van der Waals surface area contributed by atoms with E-state index in [0.717, 1.165) is 25.7 Å². The molecule has 1 aromatic rings. The summed E-state index contributed by atoms with van der Waals surface area (Å²) in [6.07, 6.45) is 3.92. The van der Waals surface area contributed by atoms with Crippen LogP contribution in [0.25, 0.3) is 0 Å². The van der Waals surface area contributed by atoms with Gasteiger partial charge in [0, 0.05) is 17.5 Å². The van der Waals surface area contributed by atoms with Crippen molar-refractivity contribution in [3.05, 3.63) is 21.9 Å². The zero-order chi connectivity index (χ0) is 14.0. The van der Waals surface area contributed by atoms with Gasteiger partial charge in [-0.15, -0.1) is 0 Å². The molecule has 1 aromatic carbocycles. The number of hydrogen-bond acceptors (Lipinski definition) is 3. The minimum atomic E-state index is -0.330. The Balaban J connectivity index is 2.67. The van der Waals surface area contributed by atoms with Gasteiger partial charge in [0.15, 0.2) is 11.5 Å². The fraction of sp³-hybridized carbons (Fsp3) is 0.571. The molecule has 1 aliphatic carbocycles. The third-order valence-electron chi connectivity index (χ3n) is 4.03. The Morgan fingerprint density at radius 2 is 1.84 bits per heavy atom. The molecule has 0 unspecified atom stereocenters. The Morgan fingerprint density at radius 3 is 2.32 bits per heavy atom. The summed E-state index contributed by atoms with van der Waals surface area (Å²) < 4.78 is 25.8. The van der Waals surface area contributed by atoms with Crippen LogP contribution in [0.1, 0.15) is 31.2 Å². The van der Waals surface area contributed by atoms with Gasteiger partial charge in [-0.3, -0.25) is 0 Å². The SMILES string of the molecule is COc1c(Br)cc(F)c(C2(CN)CCCC2)c1OC. The van der Waals surface area contributed by atoms with Gasteiger partial charge in [0.25, 0.3) is 0 Å². The quantitative estimate of drug-likeness (QED) is 0.919. The van der Waals surface area contributed by atoms with E-state index in [1.54, 1.807) is 7.11 Å². The van der Waals surface area contributed by atoms with Crippen LogP contribution in [-0.2, 0) is 5.41 Å². The molecule has 1 aliphatic rings. The molecule has 0 atom stereocenters. The molecule has 1 saturated carbocycles. The first-order valence-corrected chi connectivity index (χ1v) is 7.19. The van der Waals surface area contributed by atoms with Gasteiger partial charge >= 0.3 is 0 Å². The van der Waals surface area contributed by atoms with Gasteiger partial charge in [-0.25, -0.2) is 4.39 Å². The molecular weight excluding hydrogens is 313 g/mol. The van der Waals surface area contributed by atoms with Crippen LogP contribution < -0.4 is 15.2 Å². The predicted octanol–water partition coefficient (Wildman–Crippen LogP) is 3.38. The minimum Gasteiger partial charge on any atom is -0.492 e. The number of benzene rings is 1. The Kier molecular flexibility index (Phi) is 4.36. The molecule has 1 fully saturated rings. The van der Waals surface area contributed by atoms with Crippen LogP contribution in [0.4, 0.5) is 4.39 Å². The Hall–Kier alpha value is -0.810. The Labute approximate surface area is 121 Å². The van der Waals surface area contributed by atoms with Crippen molar-refractivity contribution < 1.29 is 13.9 Å². The van der Waals surface area contributed by atoms with Crippen LogP contribution in [0.2, 0.25) is 0 Å². The highest BCUT2D eigenvalue weighted by atomic mass is 79.9. The number of halogens is 2. The maximum absolute atomic E-state index is 14.5. The molecular formula is C14H19BrFNO2. The number of rotatable bonds is 4. The highest BCUT2D eigenvalue weighted by molar-refractivity contribution is 9.10. The number of hydrogen-bond donors (Lipinski definition) is 1. The van der Waals surface area contributed by atoms with E-state index in [1.807, 2.05) is 0 Å². The van der Waals surface area contributed by atoms with Crippen LogP contribution in [0.5, 0.6) is 11.5 Å². The molecule has 0 radical (unpaired) electrons. The summed E-state index contributed by atoms with van der Waals surface area (Å²) in [7, 11) is 3.08. The first kappa shape index (κ1) is 14.6. The van der Waals surface area contributed by atoms with E-state index in [9.17, 15) is 4.39 Å². The van der Waals surface area contributed by atoms with Gasteiger partial charge in [-0.05, 0) is 34.8 Å². The van der Waals surface area contributed by atoms with Crippen LogP contribution >= 0.6 is 15.9 Å². The van der Waals surface area contributed by atoms with Crippen molar-refractivity contribution in [2.75, 3.05) is 20.8 Å². The molecule has 2 N–H and O–H groups in total. The van der Waals surface area contributed by atoms with E-state index in [2.05, 4.69) is 15.9 Å². The molecule has 0 aromatic heterocycles. The van der Waals surface area contributed by atoms with Gasteiger partial charge in [0.2, 0.25) is 0 Å². The summed E-state index contributed by atoms with van der Waals surface area (Å²) >= 11 is 3.30. The Morgan fingerprint density at radius 1 is 1.26 bits per heavy atom. The normalized spacial score (nSPS) is 17.5. The maximum atomic E-state index is 14.5. The average molecular weight is 332 g/mol. The largest absolute Gasteiger partial charge is 0.492 e. The van der Waals surface area contributed by atoms with Crippen molar-refractivity contribution in [1.82, 2.24) is 0 Å². The van der Waals surface area contributed by atoms with Crippen LogP contribution in [0.15, 0.2) is 10.5 Å². The lowest BCUT2D eigenvalue weighted by Gasteiger charge is -2.30. The second-order valence-corrected chi connectivity index (χ2v) is 5.83. The second-order valence-electron chi connectivity index (χ2n) is 4.97. The van der Waals surface area contributed by atoms with Gasteiger partial charge < -0.3 is 15.2 Å². The van der Waals surface area contributed by atoms with Gasteiger partial charge in [0.05, 0.1) is 18.7 Å². The third-order valence-corrected chi connectivity index (χ3v) is 4.62. The van der Waals surface area contributed by atoms with Crippen LogP contribution in [0, 0.1) is 5.82 Å². The molecule has 0 spiro atoms. The van der Waals surface area contributed by atoms with Crippen LogP contribution in [-0.4, -0.2) is 20.8 Å². The lowest BCUT2D eigenvalue weighted by atomic mass is 9.78. The molecule has 106 valence electrons. The number of ether oxygens (including phenoxy) is 2. The topological polar surface area (TPSA) is 44.5 Å². The van der Waals surface area contributed by atoms with E-state index in [1.165, 1.54) is 13.2 Å². The molecule has 5 heteroatoms. The summed E-state index contributed by atoms with van der Waals surface area (Å²) in [5.41, 5.74) is 6.18. The number of nitrogens with two attached hydrogens (primary N) is 1. The van der Waals surface area contributed by atoms with E-state index < -0.39 is 0 Å². The first-order chi connectivity index (χ1) is 9.09. The molecule has 19 heavy (non-hydrogen) atoms. The van der Waals surface area contributed by atoms with Crippen molar-refractivity contribution in [3.8, 4) is 11.5 Å². The lowest BCUT2D eigenvalue weighted by Crippen LogP contribution is -2.33. The lowest BCUT2D eigenvalue weighted by molar-refractivity contribution is 0.327. The van der Waals surface area contributed by atoms with Crippen molar-refractivity contribution in [3.63, 3.8) is 0 Å². The van der Waals surface area contributed by atoms with Crippen molar-refractivity contribution in [2.45, 2.75) is 31.1 Å². The zero-order valence-electron chi connectivity index (χ0n) is 11.3. The van der Waals surface area contributed by atoms with Gasteiger partial charge in [-0.2, -0.15) is 0 Å². The average Bonchev–Trinajstić information content (AvgIpc) is 2.87. The second kappa shape index (κ2) is 5.67. The van der Waals surface area contributed by atoms with Crippen molar-refractivity contribution in [1.29, 1.82) is 0 Å². The molecule has 2 rings (SSSR count). The maximum Gasteiger partial charge on any atom is 0.175 e. The first-order valence-electron chi connectivity index (χ1n) is 6.40. The molecule has 0 bridgehead atoms. The summed E-state index contributed by atoms with van der Waals surface area (Å²) in [5, 5.41) is 0. The van der Waals surface area contributed by atoms with E-state index in [-0.39, 0.29) is 11.2 Å². The van der Waals surface area contributed by atoms with E-state index in [0.29, 0.717) is 28.1 Å². The molecule has 0 heterocycles. The molecule has 0 amide bonds. The monoisotopic (exact) mass is 331 g/mol. The van der Waals surface area contributed by atoms with Crippen molar-refractivity contribution in [2.24, 2.45) is 5.73 Å². The van der Waals surface area contributed by atoms with Gasteiger partial charge in [0.1, 0.15) is 5.82 Å². The molecule has 0 saturated heterocycles. The van der Waals surface area contributed by atoms with Crippen LogP contribution in [0.3, 0.4) is 0 Å². The molecule has 3 nitrogen and oxygen atoms in total. The fourth-order valence-electron chi connectivity index (χ4n) is 3.07. The minimum absolute atomic E-state index is 0.281. The summed E-state index contributed by atoms with van der Waals surface area (Å²) in [5.74, 6) is 0.706. The van der Waals surface area contributed by atoms with Crippen molar-refractivity contribution >= 4 is 15.9 Å². The zero-order valence-corrected chi connectivity index (χ0v) is 12.8. The Bertz CT molecular complexity index is 473. The van der Waals surface area contributed by atoms with E-state index >= 15 is 0 Å². The number of methoxy groups -OCH3 is 2. The smallest absolute Gasteiger partial charge is 0.175 e. The van der Waals surface area contributed by atoms with E-state index in [4.69, 9.17) is 15.2 Å².